The molecule has 0 aliphatic rings. The normalized spacial score (nSPS) is 11.0. The number of carbonyl (C=O) groups excluding carboxylic acids is 1. The van der Waals surface area contributed by atoms with Crippen LogP contribution >= 0.6 is 0 Å². The van der Waals surface area contributed by atoms with Gasteiger partial charge in [-0.15, -0.1) is 0 Å². The van der Waals surface area contributed by atoms with Gasteiger partial charge in [0.1, 0.15) is 22.8 Å². The molecule has 156 valence electrons. The highest BCUT2D eigenvalue weighted by Gasteiger charge is 2.20. The minimum absolute atomic E-state index is 0.0211. The minimum atomic E-state index is -1.37. The highest BCUT2D eigenvalue weighted by Crippen LogP contribution is 2.19. The average Bonchev–Trinajstić information content (AvgIpc) is 3.15. The molecule has 2 aromatic carbocycles. The number of nitrogen functional groups attached to an aromatic ring is 1. The Morgan fingerprint density at radius 1 is 1.16 bits per heavy atom. The Hall–Kier alpha value is -4.74. The number of nitrogens with one attached hydrogen (secondary N) is 2. The number of imidazole rings is 1. The molecule has 0 atom stereocenters. The number of benzene rings is 1. The molecule has 2 aromatic heterocycles. The molecule has 0 fully saturated rings. The minimum Gasteiger partial charge on any atom is -0.493 e. The van der Waals surface area contributed by atoms with Gasteiger partial charge in [0.15, 0.2) is 0 Å². The van der Waals surface area contributed by atoms with E-state index in [-0.39, 0.29) is 35.1 Å². The summed E-state index contributed by atoms with van der Waals surface area (Å²) in [6, 6.07) is 7.71. The summed E-state index contributed by atoms with van der Waals surface area (Å²) in [7, 11) is 0. The van der Waals surface area contributed by atoms with E-state index in [0.717, 1.165) is 16.7 Å². The molecule has 0 aliphatic carbocycles. The summed E-state index contributed by atoms with van der Waals surface area (Å²) in [4.78, 5) is 54.4. The lowest BCUT2D eigenvalue weighted by molar-refractivity contribution is 0.0687. The standard InChI is InChI=1S/C19H14N6O6/c20-13-14(16(28)15(13)27)23-9-3-1-2-8(4-9)6-21-17(29)10-5-11(18(30)31)25-12(26)7-22-19(25)24-10/h1-5,7,23,26H,6,20H2,(H,21,29)(H,30,31). The summed E-state index contributed by atoms with van der Waals surface area (Å²) >= 11 is 0. The number of hydrogen-bond acceptors (Lipinski definition) is 9. The van der Waals surface area contributed by atoms with E-state index >= 15 is 0 Å². The zero-order chi connectivity index (χ0) is 22.3. The van der Waals surface area contributed by atoms with Crippen molar-refractivity contribution in [1.29, 1.82) is 0 Å². The maximum atomic E-state index is 12.5. The van der Waals surface area contributed by atoms with Gasteiger partial charge in [-0.05, 0) is 17.7 Å². The Morgan fingerprint density at radius 2 is 1.94 bits per heavy atom. The van der Waals surface area contributed by atoms with Gasteiger partial charge in [0, 0.05) is 18.3 Å². The smallest absolute Gasteiger partial charge is 0.353 e. The number of aromatic nitrogens is 3. The maximum Gasteiger partial charge on any atom is 0.353 e. The van der Waals surface area contributed by atoms with Crippen molar-refractivity contribution in [2.75, 3.05) is 11.1 Å². The first kappa shape index (κ1) is 19.6. The molecule has 4 rings (SSSR count). The van der Waals surface area contributed by atoms with Crippen LogP contribution in [0.1, 0.15) is 26.5 Å². The van der Waals surface area contributed by atoms with Crippen LogP contribution in [0.4, 0.5) is 17.1 Å². The van der Waals surface area contributed by atoms with Gasteiger partial charge in [-0.2, -0.15) is 0 Å². The Bertz CT molecular complexity index is 1430. The molecular weight excluding hydrogens is 408 g/mol. The van der Waals surface area contributed by atoms with Crippen LogP contribution in [0.2, 0.25) is 0 Å². The first-order valence-corrected chi connectivity index (χ1v) is 8.80. The first-order valence-electron chi connectivity index (χ1n) is 8.80. The maximum absolute atomic E-state index is 12.5. The number of carbonyl (C=O) groups is 2. The zero-order valence-electron chi connectivity index (χ0n) is 15.6. The Labute approximate surface area is 172 Å². The topological polar surface area (TPSA) is 189 Å². The Balaban J connectivity index is 1.51. The number of rotatable bonds is 6. The summed E-state index contributed by atoms with van der Waals surface area (Å²) in [6.45, 7) is 0.0602. The van der Waals surface area contributed by atoms with Gasteiger partial charge in [-0.3, -0.25) is 14.4 Å². The Kier molecular flexibility index (Phi) is 4.58. The van der Waals surface area contributed by atoms with Crippen LogP contribution in [0.5, 0.6) is 5.88 Å². The van der Waals surface area contributed by atoms with E-state index in [1.807, 2.05) is 0 Å². The molecule has 2 heterocycles. The number of carboxylic acids is 1. The highest BCUT2D eigenvalue weighted by molar-refractivity contribution is 5.96. The largest absolute Gasteiger partial charge is 0.493 e. The van der Waals surface area contributed by atoms with E-state index in [1.54, 1.807) is 24.3 Å². The number of nitrogens with two attached hydrogens (primary N) is 1. The molecule has 4 aromatic rings. The number of nitrogens with zero attached hydrogens (tertiary/aromatic N) is 3. The molecule has 0 saturated heterocycles. The van der Waals surface area contributed by atoms with Crippen molar-refractivity contribution in [1.82, 2.24) is 19.7 Å². The van der Waals surface area contributed by atoms with Gasteiger partial charge in [-0.25, -0.2) is 19.2 Å². The predicted octanol–water partition coefficient (Wildman–Crippen LogP) is -0.0151. The fraction of sp³-hybridized carbons (Fsp3) is 0.0526. The second-order valence-electron chi connectivity index (χ2n) is 6.54. The third-order valence-corrected chi connectivity index (χ3v) is 4.51. The fourth-order valence-electron chi connectivity index (χ4n) is 2.96. The van der Waals surface area contributed by atoms with E-state index in [2.05, 4.69) is 20.6 Å². The number of aromatic carboxylic acids is 1. The van der Waals surface area contributed by atoms with E-state index in [4.69, 9.17) is 5.73 Å². The molecule has 12 nitrogen and oxygen atoms in total. The molecule has 12 heteroatoms. The lowest BCUT2D eigenvalue weighted by Crippen LogP contribution is -2.36. The number of amides is 1. The SMILES string of the molecule is Nc1c(Nc2cccc(CNC(=O)c3cc(C(=O)O)n4c(O)cnc4n3)c2)c(=O)c1=O. The quantitative estimate of drug-likeness (QED) is 0.264. The van der Waals surface area contributed by atoms with Gasteiger partial charge in [0.05, 0.1) is 6.20 Å². The third kappa shape index (κ3) is 3.42. The highest BCUT2D eigenvalue weighted by atomic mass is 16.4. The van der Waals surface area contributed by atoms with E-state index in [9.17, 15) is 29.4 Å². The van der Waals surface area contributed by atoms with Gasteiger partial charge in [0.25, 0.3) is 16.8 Å². The lowest BCUT2D eigenvalue weighted by Gasteiger charge is -2.12. The second-order valence-corrected chi connectivity index (χ2v) is 6.54. The van der Waals surface area contributed by atoms with Gasteiger partial charge >= 0.3 is 5.97 Å². The molecule has 0 bridgehead atoms. The lowest BCUT2D eigenvalue weighted by atomic mass is 10.1. The van der Waals surface area contributed by atoms with Crippen molar-refractivity contribution in [2.45, 2.75) is 6.54 Å². The van der Waals surface area contributed by atoms with Crippen LogP contribution in [-0.2, 0) is 6.54 Å². The predicted molar refractivity (Wildman–Crippen MR) is 108 cm³/mol. The van der Waals surface area contributed by atoms with Crippen LogP contribution < -0.4 is 27.2 Å². The zero-order valence-corrected chi connectivity index (χ0v) is 15.6. The molecule has 0 radical (unpaired) electrons. The van der Waals surface area contributed by atoms with Crippen molar-refractivity contribution in [3.05, 3.63) is 73.9 Å². The summed E-state index contributed by atoms with van der Waals surface area (Å²) < 4.78 is 0.904. The number of fused-ring (bicyclic) bond motifs is 1. The second kappa shape index (κ2) is 7.26. The molecule has 1 amide bonds. The first-order chi connectivity index (χ1) is 14.8. The van der Waals surface area contributed by atoms with Gasteiger partial charge < -0.3 is 26.6 Å². The van der Waals surface area contributed by atoms with Crippen molar-refractivity contribution in [2.24, 2.45) is 0 Å². The third-order valence-electron chi connectivity index (χ3n) is 4.51. The van der Waals surface area contributed by atoms with E-state index in [1.165, 1.54) is 0 Å². The number of aromatic hydroxyl groups is 1. The molecular formula is C19H14N6O6. The number of carboxylic acid groups (broad SMARTS) is 1. The van der Waals surface area contributed by atoms with Crippen LogP contribution in [-0.4, -0.2) is 36.5 Å². The molecule has 0 aliphatic heterocycles. The summed E-state index contributed by atoms with van der Waals surface area (Å²) in [5.74, 6) is -2.58. The fourth-order valence-corrected chi connectivity index (χ4v) is 2.96. The van der Waals surface area contributed by atoms with Crippen molar-refractivity contribution in [3.63, 3.8) is 0 Å². The average molecular weight is 422 g/mol. The van der Waals surface area contributed by atoms with E-state index in [0.29, 0.717) is 11.3 Å². The molecule has 31 heavy (non-hydrogen) atoms. The Morgan fingerprint density at radius 3 is 2.65 bits per heavy atom. The molecule has 0 spiro atoms. The number of hydrogen-bond donors (Lipinski definition) is 5. The summed E-state index contributed by atoms with van der Waals surface area (Å²) in [5, 5.41) is 24.4. The van der Waals surface area contributed by atoms with Crippen LogP contribution in [0.25, 0.3) is 5.78 Å². The van der Waals surface area contributed by atoms with Crippen LogP contribution in [0.15, 0.2) is 46.1 Å². The number of anilines is 3. The summed E-state index contributed by atoms with van der Waals surface area (Å²) in [5.41, 5.74) is 4.53. The molecule has 0 unspecified atom stereocenters. The van der Waals surface area contributed by atoms with Crippen LogP contribution in [0.3, 0.4) is 0 Å². The summed E-state index contributed by atoms with van der Waals surface area (Å²) in [6.07, 6.45) is 1.03. The van der Waals surface area contributed by atoms with Gasteiger partial charge in [-0.1, -0.05) is 12.1 Å². The van der Waals surface area contributed by atoms with Crippen LogP contribution in [0, 0.1) is 0 Å². The molecule has 6 N–H and O–H groups in total. The van der Waals surface area contributed by atoms with Gasteiger partial charge in [0.2, 0.25) is 11.7 Å². The van der Waals surface area contributed by atoms with Crippen molar-refractivity contribution >= 4 is 34.7 Å². The monoisotopic (exact) mass is 422 g/mol. The van der Waals surface area contributed by atoms with E-state index < -0.39 is 28.6 Å². The van der Waals surface area contributed by atoms with Crippen molar-refractivity contribution in [3.8, 4) is 5.88 Å². The van der Waals surface area contributed by atoms with Crippen molar-refractivity contribution < 1.29 is 19.8 Å². The molecule has 0 saturated carbocycles.